The Hall–Kier alpha value is -0.830. The molecule has 96 valence electrons. The highest BCUT2D eigenvalue weighted by Crippen LogP contribution is 2.39. The number of hydrogen-bond donors (Lipinski definition) is 1. The maximum atomic E-state index is 4.06. The molecule has 1 fully saturated rings. The average molecular weight is 235 g/mol. The summed E-state index contributed by atoms with van der Waals surface area (Å²) in [6.45, 7) is 9.18. The molecule has 0 spiro atoms. The van der Waals surface area contributed by atoms with Crippen LogP contribution in [0.1, 0.15) is 40.0 Å². The molecule has 17 heavy (non-hydrogen) atoms. The van der Waals surface area contributed by atoms with Crippen LogP contribution in [0, 0.1) is 11.3 Å². The maximum Gasteiger partial charge on any atom is 0.0946 e. The van der Waals surface area contributed by atoms with Crippen LogP contribution in [-0.4, -0.2) is 22.1 Å². The average Bonchev–Trinajstić information content (AvgIpc) is 2.86. The van der Waals surface area contributed by atoms with Gasteiger partial charge in [0.05, 0.1) is 6.33 Å². The summed E-state index contributed by atoms with van der Waals surface area (Å²) < 4.78 is 2.13. The van der Waals surface area contributed by atoms with E-state index in [4.69, 9.17) is 0 Å². The van der Waals surface area contributed by atoms with Gasteiger partial charge in [-0.2, -0.15) is 0 Å². The summed E-state index contributed by atoms with van der Waals surface area (Å²) in [5, 5.41) is 3.73. The molecule has 0 radical (unpaired) electrons. The first-order valence-electron chi connectivity index (χ1n) is 6.76. The van der Waals surface area contributed by atoms with Gasteiger partial charge in [-0.1, -0.05) is 27.2 Å². The molecule has 1 aromatic rings. The molecule has 0 bridgehead atoms. The van der Waals surface area contributed by atoms with E-state index >= 15 is 0 Å². The van der Waals surface area contributed by atoms with Crippen molar-refractivity contribution in [1.82, 2.24) is 14.9 Å². The summed E-state index contributed by atoms with van der Waals surface area (Å²) in [7, 11) is 0. The van der Waals surface area contributed by atoms with E-state index in [0.29, 0.717) is 11.5 Å². The van der Waals surface area contributed by atoms with E-state index in [1.807, 2.05) is 18.7 Å². The van der Waals surface area contributed by atoms with Gasteiger partial charge in [-0.25, -0.2) is 4.98 Å². The van der Waals surface area contributed by atoms with E-state index in [2.05, 4.69) is 35.6 Å². The molecule has 1 aliphatic rings. The van der Waals surface area contributed by atoms with Crippen molar-refractivity contribution in [1.29, 1.82) is 0 Å². The molecule has 1 heterocycles. The number of hydrogen-bond acceptors (Lipinski definition) is 2. The van der Waals surface area contributed by atoms with Crippen molar-refractivity contribution in [2.75, 3.05) is 6.54 Å². The number of aromatic nitrogens is 2. The van der Waals surface area contributed by atoms with Crippen LogP contribution >= 0.6 is 0 Å². The second-order valence-electron chi connectivity index (χ2n) is 6.26. The second kappa shape index (κ2) is 5.21. The Balaban J connectivity index is 1.78. The van der Waals surface area contributed by atoms with Gasteiger partial charge >= 0.3 is 0 Å². The third-order valence-corrected chi connectivity index (χ3v) is 3.96. The van der Waals surface area contributed by atoms with Gasteiger partial charge in [0, 0.05) is 31.5 Å². The van der Waals surface area contributed by atoms with Gasteiger partial charge in [0.1, 0.15) is 0 Å². The molecule has 1 aromatic heterocycles. The van der Waals surface area contributed by atoms with Crippen LogP contribution < -0.4 is 5.32 Å². The third kappa shape index (κ3) is 3.32. The van der Waals surface area contributed by atoms with Gasteiger partial charge in [0.15, 0.2) is 0 Å². The number of nitrogens with zero attached hydrogens (tertiary/aromatic N) is 2. The van der Waals surface area contributed by atoms with Gasteiger partial charge in [0.25, 0.3) is 0 Å². The highest BCUT2D eigenvalue weighted by atomic mass is 15.1. The summed E-state index contributed by atoms with van der Waals surface area (Å²) in [5.41, 5.74) is 0.434. The Morgan fingerprint density at radius 1 is 1.35 bits per heavy atom. The first-order chi connectivity index (χ1) is 8.07. The number of imidazole rings is 1. The minimum atomic E-state index is 0.434. The lowest BCUT2D eigenvalue weighted by Crippen LogP contribution is -2.39. The van der Waals surface area contributed by atoms with Gasteiger partial charge in [-0.05, 0) is 24.2 Å². The zero-order valence-electron chi connectivity index (χ0n) is 11.3. The smallest absolute Gasteiger partial charge is 0.0946 e. The van der Waals surface area contributed by atoms with Crippen molar-refractivity contribution >= 4 is 0 Å². The van der Waals surface area contributed by atoms with Crippen molar-refractivity contribution in [2.45, 2.75) is 52.6 Å². The summed E-state index contributed by atoms with van der Waals surface area (Å²) in [5.74, 6) is 0.824. The predicted molar refractivity (Wildman–Crippen MR) is 70.8 cm³/mol. The Morgan fingerprint density at radius 2 is 2.18 bits per heavy atom. The van der Waals surface area contributed by atoms with E-state index in [9.17, 15) is 0 Å². The van der Waals surface area contributed by atoms with Crippen molar-refractivity contribution in [3.63, 3.8) is 0 Å². The normalized spacial score (nSPS) is 25.4. The minimum Gasteiger partial charge on any atom is -0.336 e. The van der Waals surface area contributed by atoms with E-state index in [1.54, 1.807) is 0 Å². The van der Waals surface area contributed by atoms with E-state index in [1.165, 1.54) is 19.3 Å². The maximum absolute atomic E-state index is 4.06. The van der Waals surface area contributed by atoms with Crippen molar-refractivity contribution in [2.24, 2.45) is 11.3 Å². The van der Waals surface area contributed by atoms with E-state index < -0.39 is 0 Å². The van der Waals surface area contributed by atoms with E-state index in [-0.39, 0.29) is 0 Å². The quantitative estimate of drug-likeness (QED) is 0.869. The zero-order chi connectivity index (χ0) is 12.3. The second-order valence-corrected chi connectivity index (χ2v) is 6.26. The molecule has 0 amide bonds. The third-order valence-electron chi connectivity index (χ3n) is 3.96. The molecule has 0 saturated heterocycles. The Kier molecular flexibility index (Phi) is 3.87. The van der Waals surface area contributed by atoms with Crippen LogP contribution in [-0.2, 0) is 6.54 Å². The molecule has 3 heteroatoms. The summed E-state index contributed by atoms with van der Waals surface area (Å²) in [4.78, 5) is 4.06. The van der Waals surface area contributed by atoms with Gasteiger partial charge in [-0.15, -0.1) is 0 Å². The summed E-state index contributed by atoms with van der Waals surface area (Å²) in [6, 6.07) is 0.707. The molecule has 1 aliphatic carbocycles. The van der Waals surface area contributed by atoms with Gasteiger partial charge < -0.3 is 9.88 Å². The van der Waals surface area contributed by atoms with Crippen LogP contribution in [0.15, 0.2) is 18.7 Å². The molecular formula is C14H25N3. The largest absolute Gasteiger partial charge is 0.336 e. The summed E-state index contributed by atoms with van der Waals surface area (Å²) in [6.07, 6.45) is 9.85. The minimum absolute atomic E-state index is 0.434. The Bertz CT molecular complexity index is 324. The molecule has 0 aromatic carbocycles. The predicted octanol–water partition coefficient (Wildman–Crippen LogP) is 2.69. The molecule has 0 aliphatic heterocycles. The van der Waals surface area contributed by atoms with Crippen LogP contribution in [0.25, 0.3) is 0 Å². The SMILES string of the molecule is CC(C)(C)C1CCCC1NCCn1ccnc1. The first-order valence-corrected chi connectivity index (χ1v) is 6.76. The number of nitrogens with one attached hydrogen (secondary N) is 1. The van der Waals surface area contributed by atoms with Gasteiger partial charge in [-0.3, -0.25) is 0 Å². The first kappa shape index (κ1) is 12.6. The van der Waals surface area contributed by atoms with Crippen molar-refractivity contribution < 1.29 is 0 Å². The molecule has 1 saturated carbocycles. The van der Waals surface area contributed by atoms with Gasteiger partial charge in [0.2, 0.25) is 0 Å². The monoisotopic (exact) mass is 235 g/mol. The molecule has 2 unspecified atom stereocenters. The van der Waals surface area contributed by atoms with Crippen molar-refractivity contribution in [3.8, 4) is 0 Å². The summed E-state index contributed by atoms with van der Waals surface area (Å²) >= 11 is 0. The van der Waals surface area contributed by atoms with Crippen LogP contribution in [0.3, 0.4) is 0 Å². The topological polar surface area (TPSA) is 29.9 Å². The number of rotatable bonds is 4. The van der Waals surface area contributed by atoms with Crippen LogP contribution in [0.2, 0.25) is 0 Å². The highest BCUT2D eigenvalue weighted by molar-refractivity contribution is 4.90. The fourth-order valence-electron chi connectivity index (χ4n) is 3.04. The molecule has 1 N–H and O–H groups in total. The molecule has 2 rings (SSSR count). The lowest BCUT2D eigenvalue weighted by molar-refractivity contribution is 0.202. The lowest BCUT2D eigenvalue weighted by Gasteiger charge is -2.33. The Morgan fingerprint density at radius 3 is 2.82 bits per heavy atom. The zero-order valence-corrected chi connectivity index (χ0v) is 11.3. The fourth-order valence-corrected chi connectivity index (χ4v) is 3.04. The molecule has 3 nitrogen and oxygen atoms in total. The molecular weight excluding hydrogens is 210 g/mol. The molecule has 2 atom stereocenters. The Labute approximate surface area is 105 Å². The highest BCUT2D eigenvalue weighted by Gasteiger charge is 2.35. The van der Waals surface area contributed by atoms with Crippen LogP contribution in [0.4, 0.5) is 0 Å². The van der Waals surface area contributed by atoms with Crippen molar-refractivity contribution in [3.05, 3.63) is 18.7 Å². The standard InChI is InChI=1S/C14H25N3/c1-14(2,3)12-5-4-6-13(12)16-8-10-17-9-7-15-11-17/h7,9,11-13,16H,4-6,8,10H2,1-3H3. The lowest BCUT2D eigenvalue weighted by atomic mass is 9.77. The van der Waals surface area contributed by atoms with E-state index in [0.717, 1.165) is 19.0 Å². The fraction of sp³-hybridized carbons (Fsp3) is 0.786. The van der Waals surface area contributed by atoms with Crippen LogP contribution in [0.5, 0.6) is 0 Å².